The maximum Gasteiger partial charge on any atom is 0.262 e. The number of carbonyl (C=O) groups excluding carboxylic acids is 1. The van der Waals surface area contributed by atoms with E-state index < -0.39 is 17.5 Å². The van der Waals surface area contributed by atoms with E-state index in [1.165, 1.54) is 0 Å². The van der Waals surface area contributed by atoms with Gasteiger partial charge in [0, 0.05) is 16.6 Å². The van der Waals surface area contributed by atoms with E-state index in [1.807, 2.05) is 6.07 Å². The standard InChI is InChI=1S/C21H18BrF2N3O2S/c22-15-9-12(23)10-16(24)19(15)26-18(28)11-30-21-25-17-8-4-3-7-14(17)20(29)27(21)13-5-1-2-6-13/h3-4,7-10,13H,1-2,5-6,11H2,(H,26,28). The van der Waals surface area contributed by atoms with E-state index in [0.717, 1.165) is 43.5 Å². The Labute approximate surface area is 184 Å². The van der Waals surface area contributed by atoms with Gasteiger partial charge in [-0.2, -0.15) is 0 Å². The lowest BCUT2D eigenvalue weighted by atomic mass is 10.2. The second-order valence-corrected chi connectivity index (χ2v) is 8.90. The average Bonchev–Trinajstić information content (AvgIpc) is 3.23. The van der Waals surface area contributed by atoms with E-state index in [9.17, 15) is 18.4 Å². The van der Waals surface area contributed by atoms with Crippen LogP contribution in [0.15, 0.2) is 50.8 Å². The fourth-order valence-corrected chi connectivity index (χ4v) is 5.05. The van der Waals surface area contributed by atoms with Gasteiger partial charge in [-0.1, -0.05) is 36.7 Å². The van der Waals surface area contributed by atoms with Crippen LogP contribution in [0.3, 0.4) is 0 Å². The van der Waals surface area contributed by atoms with Crippen molar-refractivity contribution < 1.29 is 13.6 Å². The molecule has 0 radical (unpaired) electrons. The molecule has 0 saturated heterocycles. The van der Waals surface area contributed by atoms with E-state index >= 15 is 0 Å². The number of benzene rings is 2. The average molecular weight is 494 g/mol. The molecule has 1 fully saturated rings. The summed E-state index contributed by atoms with van der Waals surface area (Å²) in [5, 5.41) is 3.48. The number of carbonyl (C=O) groups is 1. The first-order valence-corrected chi connectivity index (χ1v) is 11.3. The Morgan fingerprint density at radius 2 is 1.97 bits per heavy atom. The van der Waals surface area contributed by atoms with Crippen LogP contribution in [0.1, 0.15) is 31.7 Å². The number of nitrogens with one attached hydrogen (secondary N) is 1. The Morgan fingerprint density at radius 1 is 1.23 bits per heavy atom. The number of amides is 1. The van der Waals surface area contributed by atoms with Crippen molar-refractivity contribution in [3.63, 3.8) is 0 Å². The number of aromatic nitrogens is 2. The summed E-state index contributed by atoms with van der Waals surface area (Å²) in [6.45, 7) is 0. The van der Waals surface area contributed by atoms with Crippen molar-refractivity contribution >= 4 is 50.2 Å². The maximum absolute atomic E-state index is 14.0. The highest BCUT2D eigenvalue weighted by atomic mass is 79.9. The molecule has 0 bridgehead atoms. The summed E-state index contributed by atoms with van der Waals surface area (Å²) in [5.41, 5.74) is 0.344. The number of rotatable bonds is 5. The van der Waals surface area contributed by atoms with Gasteiger partial charge in [-0.15, -0.1) is 0 Å². The molecule has 9 heteroatoms. The third kappa shape index (κ3) is 4.27. The number of hydrogen-bond acceptors (Lipinski definition) is 4. The van der Waals surface area contributed by atoms with Crippen molar-refractivity contribution in [1.82, 2.24) is 9.55 Å². The van der Waals surface area contributed by atoms with Gasteiger partial charge in [-0.3, -0.25) is 14.2 Å². The number of thioether (sulfide) groups is 1. The van der Waals surface area contributed by atoms with Crippen LogP contribution in [0.2, 0.25) is 0 Å². The highest BCUT2D eigenvalue weighted by Gasteiger charge is 2.23. The first-order valence-electron chi connectivity index (χ1n) is 9.52. The van der Waals surface area contributed by atoms with E-state index in [2.05, 4.69) is 26.2 Å². The van der Waals surface area contributed by atoms with Crippen LogP contribution in [0.25, 0.3) is 10.9 Å². The summed E-state index contributed by atoms with van der Waals surface area (Å²) in [6, 6.07) is 8.98. The van der Waals surface area contributed by atoms with Gasteiger partial charge < -0.3 is 5.32 Å². The molecule has 1 aliphatic rings. The number of hydrogen-bond donors (Lipinski definition) is 1. The first-order chi connectivity index (χ1) is 14.4. The summed E-state index contributed by atoms with van der Waals surface area (Å²) >= 11 is 4.19. The first kappa shape index (κ1) is 21.0. The van der Waals surface area contributed by atoms with Gasteiger partial charge >= 0.3 is 0 Å². The SMILES string of the molecule is O=C(CSc1nc2ccccc2c(=O)n1C1CCCC1)Nc1c(F)cc(F)cc1Br. The lowest BCUT2D eigenvalue weighted by Gasteiger charge is -2.18. The molecule has 156 valence electrons. The molecular weight excluding hydrogens is 476 g/mol. The third-order valence-electron chi connectivity index (χ3n) is 5.07. The van der Waals surface area contributed by atoms with Gasteiger partial charge in [-0.25, -0.2) is 13.8 Å². The zero-order chi connectivity index (χ0) is 21.3. The van der Waals surface area contributed by atoms with E-state index in [-0.39, 0.29) is 27.5 Å². The summed E-state index contributed by atoms with van der Waals surface area (Å²) in [6.07, 6.45) is 3.89. The van der Waals surface area contributed by atoms with Crippen LogP contribution >= 0.6 is 27.7 Å². The van der Waals surface area contributed by atoms with Gasteiger partial charge in [-0.05, 0) is 47.0 Å². The Hall–Kier alpha value is -2.26. The number of para-hydroxylation sites is 1. The summed E-state index contributed by atoms with van der Waals surface area (Å²) in [4.78, 5) is 30.2. The zero-order valence-electron chi connectivity index (χ0n) is 15.8. The quantitative estimate of drug-likeness (QED) is 0.387. The lowest BCUT2D eigenvalue weighted by molar-refractivity contribution is -0.113. The van der Waals surface area contributed by atoms with Gasteiger partial charge in [0.05, 0.1) is 22.3 Å². The molecule has 2 aromatic carbocycles. The molecule has 0 atom stereocenters. The molecular formula is C21H18BrF2N3O2S. The Balaban J connectivity index is 1.60. The van der Waals surface area contributed by atoms with Crippen LogP contribution in [-0.4, -0.2) is 21.2 Å². The number of fused-ring (bicyclic) bond motifs is 1. The Kier molecular flexibility index (Phi) is 6.19. The summed E-state index contributed by atoms with van der Waals surface area (Å²) in [5.74, 6) is -2.16. The molecule has 1 amide bonds. The van der Waals surface area contributed by atoms with Gasteiger partial charge in [0.2, 0.25) is 5.91 Å². The molecule has 3 aromatic rings. The number of nitrogens with zero attached hydrogens (tertiary/aromatic N) is 2. The van der Waals surface area contributed by atoms with Crippen molar-refractivity contribution in [2.45, 2.75) is 36.9 Å². The topological polar surface area (TPSA) is 64.0 Å². The second kappa shape index (κ2) is 8.85. The van der Waals surface area contributed by atoms with E-state index in [1.54, 1.807) is 22.8 Å². The van der Waals surface area contributed by atoms with Crippen LogP contribution in [0.5, 0.6) is 0 Å². The van der Waals surface area contributed by atoms with Crippen molar-refractivity contribution in [3.05, 3.63) is 62.9 Å². The van der Waals surface area contributed by atoms with Crippen molar-refractivity contribution in [3.8, 4) is 0 Å². The molecule has 4 rings (SSSR count). The summed E-state index contributed by atoms with van der Waals surface area (Å²) < 4.78 is 29.0. The van der Waals surface area contributed by atoms with Gasteiger partial charge in [0.25, 0.3) is 5.56 Å². The highest BCUT2D eigenvalue weighted by Crippen LogP contribution is 2.32. The molecule has 0 unspecified atom stereocenters. The minimum Gasteiger partial charge on any atom is -0.322 e. The van der Waals surface area contributed by atoms with Crippen molar-refractivity contribution in [1.29, 1.82) is 0 Å². The molecule has 1 heterocycles. The lowest BCUT2D eigenvalue weighted by Crippen LogP contribution is -2.27. The smallest absolute Gasteiger partial charge is 0.262 e. The Morgan fingerprint density at radius 3 is 2.70 bits per heavy atom. The van der Waals surface area contributed by atoms with Crippen molar-refractivity contribution in [2.75, 3.05) is 11.1 Å². The van der Waals surface area contributed by atoms with E-state index in [0.29, 0.717) is 22.1 Å². The molecule has 1 saturated carbocycles. The fraction of sp³-hybridized carbons (Fsp3) is 0.286. The molecule has 1 aromatic heterocycles. The minimum atomic E-state index is -0.869. The molecule has 30 heavy (non-hydrogen) atoms. The molecule has 5 nitrogen and oxygen atoms in total. The maximum atomic E-state index is 14.0. The number of halogens is 3. The summed E-state index contributed by atoms with van der Waals surface area (Å²) in [7, 11) is 0. The van der Waals surface area contributed by atoms with Gasteiger partial charge in [0.15, 0.2) is 11.0 Å². The predicted octanol–water partition coefficient (Wildman–Crippen LogP) is 5.28. The molecule has 1 aliphatic carbocycles. The second-order valence-electron chi connectivity index (χ2n) is 7.11. The molecule has 0 spiro atoms. The van der Waals surface area contributed by atoms with Crippen LogP contribution in [0, 0.1) is 11.6 Å². The normalized spacial score (nSPS) is 14.4. The third-order valence-corrected chi connectivity index (χ3v) is 6.65. The number of anilines is 1. The minimum absolute atomic E-state index is 0.0591. The van der Waals surface area contributed by atoms with Crippen molar-refractivity contribution in [2.24, 2.45) is 0 Å². The predicted molar refractivity (Wildman–Crippen MR) is 117 cm³/mol. The monoisotopic (exact) mass is 493 g/mol. The zero-order valence-corrected chi connectivity index (χ0v) is 18.2. The molecule has 0 aliphatic heterocycles. The molecule has 1 N–H and O–H groups in total. The highest BCUT2D eigenvalue weighted by molar-refractivity contribution is 9.10. The van der Waals surface area contributed by atoms with Crippen LogP contribution in [0.4, 0.5) is 14.5 Å². The van der Waals surface area contributed by atoms with Gasteiger partial charge in [0.1, 0.15) is 5.82 Å². The largest absolute Gasteiger partial charge is 0.322 e. The Bertz CT molecular complexity index is 1160. The van der Waals surface area contributed by atoms with Crippen LogP contribution < -0.4 is 10.9 Å². The fourth-order valence-electron chi connectivity index (χ4n) is 3.68. The van der Waals surface area contributed by atoms with E-state index in [4.69, 9.17) is 0 Å². The van der Waals surface area contributed by atoms with Crippen LogP contribution in [-0.2, 0) is 4.79 Å².